The molecule has 0 saturated carbocycles. The first-order chi connectivity index (χ1) is 12.8. The number of carbonyl (C=O) groups excluding carboxylic acids is 2. The van der Waals surface area contributed by atoms with Crippen LogP contribution in [0.25, 0.3) is 0 Å². The minimum absolute atomic E-state index is 0.0638. The van der Waals surface area contributed by atoms with Crippen LogP contribution in [0.2, 0.25) is 5.02 Å². The molecule has 144 valence electrons. The molecule has 1 N–H and O–H groups in total. The van der Waals surface area contributed by atoms with Gasteiger partial charge in [0.2, 0.25) is 0 Å². The molecule has 27 heavy (non-hydrogen) atoms. The van der Waals surface area contributed by atoms with Gasteiger partial charge in [-0.15, -0.1) is 0 Å². The van der Waals surface area contributed by atoms with Gasteiger partial charge in [0.15, 0.2) is 6.10 Å². The number of halogens is 2. The van der Waals surface area contributed by atoms with Gasteiger partial charge in [-0.1, -0.05) is 11.6 Å². The van der Waals surface area contributed by atoms with Crippen molar-refractivity contribution in [2.24, 2.45) is 0 Å². The fourth-order valence-electron chi connectivity index (χ4n) is 2.50. The summed E-state index contributed by atoms with van der Waals surface area (Å²) in [7, 11) is 0. The first kappa shape index (κ1) is 20.7. The number of hydrogen-bond donors (Lipinski definition) is 1. The molecule has 0 aromatic heterocycles. The van der Waals surface area contributed by atoms with Crippen LogP contribution in [0.3, 0.4) is 0 Å². The zero-order valence-electron chi connectivity index (χ0n) is 15.5. The van der Waals surface area contributed by atoms with Crippen LogP contribution in [0, 0.1) is 5.82 Å². The molecule has 0 bridgehead atoms. The van der Waals surface area contributed by atoms with E-state index in [-0.39, 0.29) is 10.7 Å². The average molecular weight is 393 g/mol. The Balaban J connectivity index is 1.98. The number of benzene rings is 2. The van der Waals surface area contributed by atoms with E-state index in [9.17, 15) is 14.0 Å². The highest BCUT2D eigenvalue weighted by molar-refractivity contribution is 6.33. The number of anilines is 2. The van der Waals surface area contributed by atoms with Gasteiger partial charge in [-0.05, 0) is 63.2 Å². The molecule has 7 heteroatoms. The normalized spacial score (nSPS) is 11.6. The van der Waals surface area contributed by atoms with Gasteiger partial charge in [-0.3, -0.25) is 4.79 Å². The second-order valence-electron chi connectivity index (χ2n) is 5.88. The maximum atomic E-state index is 13.1. The van der Waals surface area contributed by atoms with Crippen LogP contribution in [-0.4, -0.2) is 31.1 Å². The van der Waals surface area contributed by atoms with Crippen molar-refractivity contribution in [3.8, 4) is 0 Å². The van der Waals surface area contributed by atoms with Gasteiger partial charge in [0.05, 0.1) is 16.3 Å². The Morgan fingerprint density at radius 1 is 1.15 bits per heavy atom. The molecule has 0 unspecified atom stereocenters. The van der Waals surface area contributed by atoms with Crippen LogP contribution in [0.15, 0.2) is 42.5 Å². The maximum Gasteiger partial charge on any atom is 0.338 e. The lowest BCUT2D eigenvalue weighted by atomic mass is 10.2. The van der Waals surface area contributed by atoms with E-state index in [1.54, 1.807) is 12.1 Å². The first-order valence-electron chi connectivity index (χ1n) is 8.67. The Morgan fingerprint density at radius 2 is 1.78 bits per heavy atom. The molecule has 0 saturated heterocycles. The van der Waals surface area contributed by atoms with Crippen LogP contribution < -0.4 is 10.2 Å². The van der Waals surface area contributed by atoms with Gasteiger partial charge >= 0.3 is 5.97 Å². The fourth-order valence-corrected chi connectivity index (χ4v) is 2.72. The molecule has 0 aliphatic heterocycles. The Bertz CT molecular complexity index is 807. The van der Waals surface area contributed by atoms with Crippen molar-refractivity contribution in [1.29, 1.82) is 0 Å². The molecule has 0 fully saturated rings. The van der Waals surface area contributed by atoms with E-state index in [2.05, 4.69) is 24.1 Å². The van der Waals surface area contributed by atoms with Crippen LogP contribution in [0.5, 0.6) is 0 Å². The average Bonchev–Trinajstić information content (AvgIpc) is 2.65. The van der Waals surface area contributed by atoms with Gasteiger partial charge in [0.25, 0.3) is 5.91 Å². The van der Waals surface area contributed by atoms with Crippen molar-refractivity contribution in [2.45, 2.75) is 26.9 Å². The molecule has 0 spiro atoms. The highest BCUT2D eigenvalue weighted by atomic mass is 35.5. The highest BCUT2D eigenvalue weighted by Gasteiger charge is 2.20. The molecule has 5 nitrogen and oxygen atoms in total. The van der Waals surface area contributed by atoms with Gasteiger partial charge in [0.1, 0.15) is 5.82 Å². The van der Waals surface area contributed by atoms with E-state index in [0.29, 0.717) is 5.56 Å². The van der Waals surface area contributed by atoms with E-state index in [1.807, 2.05) is 12.1 Å². The lowest BCUT2D eigenvalue weighted by molar-refractivity contribution is -0.123. The van der Waals surface area contributed by atoms with Crippen LogP contribution in [-0.2, 0) is 9.53 Å². The van der Waals surface area contributed by atoms with E-state index in [4.69, 9.17) is 16.3 Å². The van der Waals surface area contributed by atoms with E-state index in [1.165, 1.54) is 19.1 Å². The van der Waals surface area contributed by atoms with Crippen molar-refractivity contribution in [2.75, 3.05) is 23.3 Å². The fraction of sp³-hybridized carbons (Fsp3) is 0.300. The van der Waals surface area contributed by atoms with E-state index < -0.39 is 23.8 Å². The predicted octanol–water partition coefficient (Wildman–Crippen LogP) is 4.51. The predicted molar refractivity (Wildman–Crippen MR) is 105 cm³/mol. The standard InChI is InChI=1S/C20H22ClFN2O3/c1-4-24(5-2)16-9-6-14(7-10-16)20(26)27-13(3)19(25)23-18-11-8-15(22)12-17(18)21/h6-13H,4-5H2,1-3H3,(H,23,25)/t13-/m1/s1. The van der Waals surface area contributed by atoms with Gasteiger partial charge in [0, 0.05) is 18.8 Å². The minimum Gasteiger partial charge on any atom is -0.449 e. The van der Waals surface area contributed by atoms with Gasteiger partial charge < -0.3 is 15.0 Å². The van der Waals surface area contributed by atoms with E-state index >= 15 is 0 Å². The molecule has 2 aromatic rings. The minimum atomic E-state index is -1.04. The SMILES string of the molecule is CCN(CC)c1ccc(C(=O)O[C@H](C)C(=O)Nc2ccc(F)cc2Cl)cc1. The second-order valence-corrected chi connectivity index (χ2v) is 6.29. The van der Waals surface area contributed by atoms with E-state index in [0.717, 1.165) is 24.8 Å². The number of ether oxygens (including phenoxy) is 1. The maximum absolute atomic E-state index is 13.1. The zero-order chi connectivity index (χ0) is 20.0. The summed E-state index contributed by atoms with van der Waals surface area (Å²) in [5, 5.41) is 2.58. The summed E-state index contributed by atoms with van der Waals surface area (Å²) in [4.78, 5) is 26.6. The summed E-state index contributed by atoms with van der Waals surface area (Å²) in [5.41, 5.74) is 1.60. The molecule has 0 heterocycles. The smallest absolute Gasteiger partial charge is 0.338 e. The summed E-state index contributed by atoms with van der Waals surface area (Å²) in [6.45, 7) is 7.29. The Morgan fingerprint density at radius 3 is 2.33 bits per heavy atom. The third-order valence-corrected chi connectivity index (χ3v) is 4.39. The first-order valence-corrected chi connectivity index (χ1v) is 9.05. The molecular weight excluding hydrogens is 371 g/mol. The lowest BCUT2D eigenvalue weighted by Gasteiger charge is -2.21. The number of rotatable bonds is 7. The molecule has 0 aliphatic carbocycles. The van der Waals surface area contributed by atoms with Crippen LogP contribution in [0.4, 0.5) is 15.8 Å². The number of nitrogens with zero attached hydrogens (tertiary/aromatic N) is 1. The number of nitrogens with one attached hydrogen (secondary N) is 1. The summed E-state index contributed by atoms with van der Waals surface area (Å²) in [6, 6.07) is 10.6. The number of hydrogen-bond acceptors (Lipinski definition) is 4. The summed E-state index contributed by atoms with van der Waals surface area (Å²) < 4.78 is 18.3. The van der Waals surface area contributed by atoms with Crippen molar-refractivity contribution < 1.29 is 18.7 Å². The van der Waals surface area contributed by atoms with Crippen molar-refractivity contribution in [1.82, 2.24) is 0 Å². The Kier molecular flexibility index (Phi) is 7.19. The van der Waals surface area contributed by atoms with Gasteiger partial charge in [-0.25, -0.2) is 9.18 Å². The summed E-state index contributed by atoms with van der Waals surface area (Å²) >= 11 is 5.88. The number of carbonyl (C=O) groups is 2. The molecule has 1 atom stereocenters. The Hall–Kier alpha value is -2.60. The van der Waals surface area contributed by atoms with Crippen molar-refractivity contribution >= 4 is 34.9 Å². The molecule has 0 aliphatic rings. The van der Waals surface area contributed by atoms with Crippen LogP contribution >= 0.6 is 11.6 Å². The number of esters is 1. The molecule has 2 rings (SSSR count). The van der Waals surface area contributed by atoms with Crippen LogP contribution in [0.1, 0.15) is 31.1 Å². The molecule has 1 amide bonds. The molecular formula is C20H22ClFN2O3. The third kappa shape index (κ3) is 5.44. The monoisotopic (exact) mass is 392 g/mol. The third-order valence-electron chi connectivity index (χ3n) is 4.07. The lowest BCUT2D eigenvalue weighted by Crippen LogP contribution is -2.30. The largest absolute Gasteiger partial charge is 0.449 e. The molecule has 0 radical (unpaired) electrons. The number of amides is 1. The quantitative estimate of drug-likeness (QED) is 0.704. The topological polar surface area (TPSA) is 58.6 Å². The summed E-state index contributed by atoms with van der Waals surface area (Å²) in [6.07, 6.45) is -1.04. The van der Waals surface area contributed by atoms with Crippen molar-refractivity contribution in [3.05, 3.63) is 58.9 Å². The zero-order valence-corrected chi connectivity index (χ0v) is 16.2. The Labute approximate surface area is 163 Å². The summed E-state index contributed by atoms with van der Waals surface area (Å²) in [5.74, 6) is -1.67. The second kappa shape index (κ2) is 9.37. The highest BCUT2D eigenvalue weighted by Crippen LogP contribution is 2.23. The van der Waals surface area contributed by atoms with Gasteiger partial charge in [-0.2, -0.15) is 0 Å². The van der Waals surface area contributed by atoms with Crippen molar-refractivity contribution in [3.63, 3.8) is 0 Å². The molecule has 2 aromatic carbocycles.